The average molecular weight is 296 g/mol. The van der Waals surface area contributed by atoms with Gasteiger partial charge in [0.2, 0.25) is 10.0 Å². The molecule has 102 valence electrons. The molecule has 1 rings (SSSR count). The van der Waals surface area contributed by atoms with Gasteiger partial charge in [0, 0.05) is 5.56 Å². The molecule has 1 aromatic rings. The van der Waals surface area contributed by atoms with Gasteiger partial charge in [0.25, 0.3) is 0 Å². The first-order valence-corrected chi connectivity index (χ1v) is 8.35. The van der Waals surface area contributed by atoms with Crippen LogP contribution in [-0.4, -0.2) is 36.6 Å². The zero-order valence-corrected chi connectivity index (χ0v) is 11.4. The van der Waals surface area contributed by atoms with Crippen LogP contribution in [0.1, 0.15) is 5.56 Å². The molecule has 0 aliphatic carbocycles. The van der Waals surface area contributed by atoms with Crippen LogP contribution in [0.15, 0.2) is 12.3 Å². The van der Waals surface area contributed by atoms with Gasteiger partial charge in [-0.1, -0.05) is 0 Å². The van der Waals surface area contributed by atoms with Gasteiger partial charge in [0.15, 0.2) is 0 Å². The molecule has 0 unspecified atom stereocenters. The van der Waals surface area contributed by atoms with Crippen molar-refractivity contribution in [3.8, 4) is 5.75 Å². The van der Waals surface area contributed by atoms with Crippen LogP contribution in [0.4, 0.5) is 5.82 Å². The fourth-order valence-corrected chi connectivity index (χ4v) is 2.44. The quantitative estimate of drug-likeness (QED) is 0.660. The third-order valence-electron chi connectivity index (χ3n) is 1.83. The molecule has 0 atom stereocenters. The molecule has 10 heteroatoms. The summed E-state index contributed by atoms with van der Waals surface area (Å²) in [5.41, 5.74) is 0.173. The number of hydrogen-bond donors (Lipinski definition) is 3. The SMILES string of the molecule is COc1cnc(NS(C)(=O)=O)cc1CP(=O)(O)O. The predicted octanol–water partition coefficient (Wildman–Crippen LogP) is 0.139. The molecule has 0 aliphatic heterocycles. The fraction of sp³-hybridized carbons (Fsp3) is 0.375. The van der Waals surface area contributed by atoms with E-state index in [0.29, 0.717) is 0 Å². The maximum Gasteiger partial charge on any atom is 0.330 e. The molecule has 0 aliphatic rings. The summed E-state index contributed by atoms with van der Waals surface area (Å²) < 4.78 is 40.0. The summed E-state index contributed by atoms with van der Waals surface area (Å²) in [5, 5.41) is 0. The second kappa shape index (κ2) is 5.23. The van der Waals surface area contributed by atoms with Crippen molar-refractivity contribution in [3.63, 3.8) is 0 Å². The van der Waals surface area contributed by atoms with Crippen molar-refractivity contribution < 1.29 is 27.5 Å². The molecule has 0 radical (unpaired) electrons. The zero-order chi connectivity index (χ0) is 14.0. The Labute approximate surface area is 104 Å². The van der Waals surface area contributed by atoms with E-state index < -0.39 is 23.8 Å². The van der Waals surface area contributed by atoms with Crippen LogP contribution in [-0.2, 0) is 20.8 Å². The van der Waals surface area contributed by atoms with Gasteiger partial charge in [-0.3, -0.25) is 9.29 Å². The van der Waals surface area contributed by atoms with Crippen LogP contribution in [0.2, 0.25) is 0 Å². The highest BCUT2D eigenvalue weighted by Crippen LogP contribution is 2.41. The van der Waals surface area contributed by atoms with E-state index >= 15 is 0 Å². The highest BCUT2D eigenvalue weighted by molar-refractivity contribution is 7.92. The molecule has 8 nitrogen and oxygen atoms in total. The summed E-state index contributed by atoms with van der Waals surface area (Å²) in [6.45, 7) is 0. The maximum absolute atomic E-state index is 11.0. The molecule has 0 fully saturated rings. The van der Waals surface area contributed by atoms with E-state index in [9.17, 15) is 13.0 Å². The number of nitrogens with zero attached hydrogens (tertiary/aromatic N) is 1. The summed E-state index contributed by atoms with van der Waals surface area (Å²) in [7, 11) is -6.47. The van der Waals surface area contributed by atoms with E-state index in [-0.39, 0.29) is 17.1 Å². The predicted molar refractivity (Wildman–Crippen MR) is 65.0 cm³/mol. The summed E-state index contributed by atoms with van der Waals surface area (Å²) in [6, 6.07) is 1.22. The van der Waals surface area contributed by atoms with E-state index in [1.165, 1.54) is 19.4 Å². The second-order valence-electron chi connectivity index (χ2n) is 3.58. The smallest absolute Gasteiger partial charge is 0.330 e. The van der Waals surface area contributed by atoms with E-state index in [0.717, 1.165) is 6.26 Å². The molecule has 0 aromatic carbocycles. The van der Waals surface area contributed by atoms with Gasteiger partial charge in [-0.15, -0.1) is 0 Å². The highest BCUT2D eigenvalue weighted by Gasteiger charge is 2.18. The largest absolute Gasteiger partial charge is 0.495 e. The van der Waals surface area contributed by atoms with E-state index in [2.05, 4.69) is 9.71 Å². The molecule has 3 N–H and O–H groups in total. The number of sulfonamides is 1. The van der Waals surface area contributed by atoms with Crippen molar-refractivity contribution in [1.82, 2.24) is 4.98 Å². The number of nitrogens with one attached hydrogen (secondary N) is 1. The van der Waals surface area contributed by atoms with Crippen molar-refractivity contribution in [3.05, 3.63) is 17.8 Å². The first kappa shape index (κ1) is 14.9. The van der Waals surface area contributed by atoms with Crippen LogP contribution >= 0.6 is 7.60 Å². The lowest BCUT2D eigenvalue weighted by molar-refractivity contribution is 0.368. The Bertz CT molecular complexity index is 581. The Hall–Kier alpha value is -1.15. The van der Waals surface area contributed by atoms with Crippen molar-refractivity contribution in [1.29, 1.82) is 0 Å². The molecule has 18 heavy (non-hydrogen) atoms. The zero-order valence-electron chi connectivity index (χ0n) is 9.69. The van der Waals surface area contributed by atoms with Gasteiger partial charge < -0.3 is 14.5 Å². The fourth-order valence-electron chi connectivity index (χ4n) is 1.26. The molecule has 0 spiro atoms. The normalized spacial score (nSPS) is 12.2. The minimum Gasteiger partial charge on any atom is -0.495 e. The Balaban J connectivity index is 3.13. The number of aromatic nitrogens is 1. The number of anilines is 1. The van der Waals surface area contributed by atoms with Crippen molar-refractivity contribution >= 4 is 23.4 Å². The van der Waals surface area contributed by atoms with Crippen LogP contribution in [0.5, 0.6) is 5.75 Å². The third-order valence-corrected chi connectivity index (χ3v) is 3.17. The van der Waals surface area contributed by atoms with E-state index in [1.54, 1.807) is 0 Å². The van der Waals surface area contributed by atoms with Gasteiger partial charge in [0.1, 0.15) is 11.6 Å². The minimum atomic E-state index is -4.28. The Morgan fingerprint density at radius 3 is 2.56 bits per heavy atom. The number of rotatable bonds is 5. The van der Waals surface area contributed by atoms with Crippen LogP contribution < -0.4 is 9.46 Å². The molecule has 1 aromatic heterocycles. The molecule has 0 saturated carbocycles. The Kier molecular flexibility index (Phi) is 4.33. The van der Waals surface area contributed by atoms with Gasteiger partial charge >= 0.3 is 7.60 Å². The van der Waals surface area contributed by atoms with Gasteiger partial charge in [-0.25, -0.2) is 13.4 Å². The van der Waals surface area contributed by atoms with Crippen molar-refractivity contribution in [2.45, 2.75) is 6.16 Å². The number of pyridine rings is 1. The van der Waals surface area contributed by atoms with E-state index in [1.807, 2.05) is 0 Å². The molecular weight excluding hydrogens is 283 g/mol. The van der Waals surface area contributed by atoms with Gasteiger partial charge in [-0.05, 0) is 6.07 Å². The summed E-state index contributed by atoms with van der Waals surface area (Å²) in [5.74, 6) is 0.152. The standard InChI is InChI=1S/C8H13N2O6PS/c1-16-7-4-9-8(10-18(2,14)15)3-6(7)5-17(11,12)13/h3-4H,5H2,1-2H3,(H,9,10)(H2,11,12,13). The summed E-state index contributed by atoms with van der Waals surface area (Å²) >= 11 is 0. The lowest BCUT2D eigenvalue weighted by Crippen LogP contribution is -2.11. The molecule has 0 saturated heterocycles. The second-order valence-corrected chi connectivity index (χ2v) is 6.97. The number of hydrogen-bond acceptors (Lipinski definition) is 5. The third kappa shape index (κ3) is 5.01. The average Bonchev–Trinajstić information content (AvgIpc) is 2.12. The van der Waals surface area contributed by atoms with Crippen LogP contribution in [0.3, 0.4) is 0 Å². The molecule has 0 amide bonds. The van der Waals surface area contributed by atoms with Crippen LogP contribution in [0.25, 0.3) is 0 Å². The molecule has 0 bridgehead atoms. The van der Waals surface area contributed by atoms with Crippen LogP contribution in [0, 0.1) is 0 Å². The topological polar surface area (TPSA) is 126 Å². The monoisotopic (exact) mass is 296 g/mol. The first-order valence-electron chi connectivity index (χ1n) is 4.66. The molecule has 1 heterocycles. The summed E-state index contributed by atoms with van der Waals surface area (Å²) in [6.07, 6.45) is 1.58. The summed E-state index contributed by atoms with van der Waals surface area (Å²) in [4.78, 5) is 21.6. The Morgan fingerprint density at radius 1 is 1.50 bits per heavy atom. The van der Waals surface area contributed by atoms with Gasteiger partial charge in [0.05, 0.1) is 25.7 Å². The first-order chi connectivity index (χ1) is 8.11. The van der Waals surface area contributed by atoms with E-state index in [4.69, 9.17) is 14.5 Å². The maximum atomic E-state index is 11.0. The lowest BCUT2D eigenvalue weighted by Gasteiger charge is -2.11. The van der Waals surface area contributed by atoms with Gasteiger partial charge in [-0.2, -0.15) is 0 Å². The highest BCUT2D eigenvalue weighted by atomic mass is 32.2. The minimum absolute atomic E-state index is 0.0262. The van der Waals surface area contributed by atoms with Crippen molar-refractivity contribution in [2.75, 3.05) is 18.1 Å². The number of methoxy groups -OCH3 is 1. The number of ether oxygens (including phenoxy) is 1. The molecular formula is C8H13N2O6PS. The Morgan fingerprint density at radius 2 is 2.11 bits per heavy atom. The van der Waals surface area contributed by atoms with Crippen molar-refractivity contribution in [2.24, 2.45) is 0 Å². The lowest BCUT2D eigenvalue weighted by atomic mass is 10.3.